The minimum Gasteiger partial charge on any atom is -0.456 e. The summed E-state index contributed by atoms with van der Waals surface area (Å²) >= 11 is 1.79. The molecule has 0 amide bonds. The Morgan fingerprint density at radius 3 is 1.82 bits per heavy atom. The first-order valence-corrected chi connectivity index (χ1v) is 19.8. The fraction of sp³-hybridized carbons (Fsp3) is 0. The zero-order chi connectivity index (χ0) is 37.5. The maximum Gasteiger partial charge on any atom is 0.164 e. The highest BCUT2D eigenvalue weighted by molar-refractivity contribution is 7.25. The number of hydrogen-bond acceptors (Lipinski definition) is 5. The van der Waals surface area contributed by atoms with Crippen LogP contribution < -0.4 is 0 Å². The monoisotopic (exact) mass is 746 g/mol. The first-order valence-electron chi connectivity index (χ1n) is 19.0. The Bertz CT molecular complexity index is 3530. The molecule has 4 heterocycles. The van der Waals surface area contributed by atoms with Gasteiger partial charge in [-0.05, 0) is 65.7 Å². The Hall–Kier alpha value is -7.41. The van der Waals surface area contributed by atoms with Gasteiger partial charge in [0.2, 0.25) is 0 Å². The van der Waals surface area contributed by atoms with Crippen LogP contribution in [0.5, 0.6) is 0 Å². The van der Waals surface area contributed by atoms with Crippen LogP contribution in [0.3, 0.4) is 0 Å². The second-order valence-corrected chi connectivity index (χ2v) is 15.5. The number of para-hydroxylation sites is 2. The number of fused-ring (bicyclic) bond motifs is 9. The van der Waals surface area contributed by atoms with Gasteiger partial charge in [0.05, 0.1) is 11.0 Å². The predicted molar refractivity (Wildman–Crippen MR) is 236 cm³/mol. The van der Waals surface area contributed by atoms with Crippen molar-refractivity contribution in [2.24, 2.45) is 0 Å². The lowest BCUT2D eigenvalue weighted by Crippen LogP contribution is -2.00. The molecule has 0 saturated heterocycles. The molecule has 0 bridgehead atoms. The fourth-order valence-electron chi connectivity index (χ4n) is 8.41. The summed E-state index contributed by atoms with van der Waals surface area (Å²) < 4.78 is 11.5. The lowest BCUT2D eigenvalue weighted by Gasteiger charge is -2.10. The molecule has 4 aromatic heterocycles. The van der Waals surface area contributed by atoms with Gasteiger partial charge in [0.25, 0.3) is 0 Å². The summed E-state index contributed by atoms with van der Waals surface area (Å²) in [7, 11) is 0. The molecule has 0 aliphatic heterocycles. The van der Waals surface area contributed by atoms with Gasteiger partial charge in [-0.25, -0.2) is 15.0 Å². The smallest absolute Gasteiger partial charge is 0.164 e. The van der Waals surface area contributed by atoms with Crippen LogP contribution in [0.4, 0.5) is 0 Å². The first-order chi connectivity index (χ1) is 28.2. The highest BCUT2D eigenvalue weighted by atomic mass is 32.1. The zero-order valence-electron chi connectivity index (χ0n) is 30.4. The van der Waals surface area contributed by atoms with Crippen LogP contribution in [-0.4, -0.2) is 19.5 Å². The van der Waals surface area contributed by atoms with Gasteiger partial charge in [-0.1, -0.05) is 127 Å². The standard InChI is InChI=1S/C51H30N4OS/c1-3-12-31(13-4-1)49-52-50(54-51(53-49)34-23-26-40-39-17-8-10-21-46(39)57-47(40)30-34)33-24-27-41-45(29-33)56-44-20-11-18-36(48(41)44)32-22-25-38-37-16-7-9-19-42(37)55(43(38)28-32)35-14-5-2-6-15-35/h1-30H. The molecule has 0 unspecified atom stereocenters. The number of rotatable bonds is 5. The van der Waals surface area contributed by atoms with Crippen LogP contribution in [0.1, 0.15) is 0 Å². The normalized spacial score (nSPS) is 11.9. The van der Waals surface area contributed by atoms with Gasteiger partial charge in [0, 0.05) is 64.1 Å². The summed E-state index contributed by atoms with van der Waals surface area (Å²) in [6.07, 6.45) is 0. The van der Waals surface area contributed by atoms with E-state index in [1.54, 1.807) is 11.3 Å². The third kappa shape index (κ3) is 5.12. The van der Waals surface area contributed by atoms with E-state index >= 15 is 0 Å². The third-order valence-corrected chi connectivity index (χ3v) is 12.2. The Labute approximate surface area is 330 Å². The molecule has 0 radical (unpaired) electrons. The SMILES string of the molecule is c1ccc(-c2nc(-c3ccc4c(c3)oc3cccc(-c5ccc6c7ccccc7n(-c7ccccc7)c6c5)c34)nc(-c3ccc4c(c3)sc3ccccc34)n2)cc1. The van der Waals surface area contributed by atoms with Crippen molar-refractivity contribution in [1.82, 2.24) is 19.5 Å². The highest BCUT2D eigenvalue weighted by Gasteiger charge is 2.19. The summed E-state index contributed by atoms with van der Waals surface area (Å²) in [6, 6.07) is 63.9. The summed E-state index contributed by atoms with van der Waals surface area (Å²) in [6.45, 7) is 0. The van der Waals surface area contributed by atoms with Gasteiger partial charge in [0.1, 0.15) is 11.2 Å². The molecule has 0 atom stereocenters. The van der Waals surface area contributed by atoms with Crippen LogP contribution in [0.25, 0.3) is 115 Å². The Morgan fingerprint density at radius 1 is 0.386 bits per heavy atom. The summed E-state index contributed by atoms with van der Waals surface area (Å²) in [5.74, 6) is 1.85. The molecular formula is C51H30N4OS. The maximum absolute atomic E-state index is 6.64. The Morgan fingerprint density at radius 2 is 1.00 bits per heavy atom. The van der Waals surface area contributed by atoms with Crippen molar-refractivity contribution in [3.8, 4) is 51.0 Å². The lowest BCUT2D eigenvalue weighted by atomic mass is 9.98. The van der Waals surface area contributed by atoms with Crippen molar-refractivity contribution in [2.75, 3.05) is 0 Å². The Kier molecular flexibility index (Phi) is 7.03. The van der Waals surface area contributed by atoms with Gasteiger partial charge in [-0.3, -0.25) is 0 Å². The predicted octanol–water partition coefficient (Wildman–Crippen LogP) is 13.9. The van der Waals surface area contributed by atoms with Crippen molar-refractivity contribution in [3.63, 3.8) is 0 Å². The van der Waals surface area contributed by atoms with Crippen LogP contribution in [0.15, 0.2) is 186 Å². The summed E-state index contributed by atoms with van der Waals surface area (Å²) in [5.41, 5.74) is 10.1. The maximum atomic E-state index is 6.64. The molecule has 0 spiro atoms. The second kappa shape index (κ2) is 12.6. The molecule has 5 nitrogen and oxygen atoms in total. The van der Waals surface area contributed by atoms with Crippen LogP contribution >= 0.6 is 11.3 Å². The molecular weight excluding hydrogens is 717 g/mol. The van der Waals surface area contributed by atoms with Crippen molar-refractivity contribution < 1.29 is 4.42 Å². The molecule has 266 valence electrons. The minimum absolute atomic E-state index is 0.595. The van der Waals surface area contributed by atoms with Crippen molar-refractivity contribution in [1.29, 1.82) is 0 Å². The van der Waals surface area contributed by atoms with Crippen molar-refractivity contribution >= 4 is 75.3 Å². The summed E-state index contributed by atoms with van der Waals surface area (Å²) in [4.78, 5) is 15.2. The van der Waals surface area contributed by atoms with Crippen LogP contribution in [0.2, 0.25) is 0 Å². The number of thiophene rings is 1. The summed E-state index contributed by atoms with van der Waals surface area (Å²) in [5, 5.41) is 7.09. The van der Waals surface area contributed by atoms with E-state index in [4.69, 9.17) is 19.4 Å². The van der Waals surface area contributed by atoms with Gasteiger partial charge in [0.15, 0.2) is 17.5 Å². The van der Waals surface area contributed by atoms with Crippen molar-refractivity contribution in [3.05, 3.63) is 182 Å². The number of aromatic nitrogens is 4. The zero-order valence-corrected chi connectivity index (χ0v) is 31.2. The fourth-order valence-corrected chi connectivity index (χ4v) is 9.56. The molecule has 8 aromatic carbocycles. The van der Waals surface area contributed by atoms with Crippen LogP contribution in [-0.2, 0) is 0 Å². The van der Waals surface area contributed by atoms with Gasteiger partial charge in [-0.15, -0.1) is 11.3 Å². The third-order valence-electron chi connectivity index (χ3n) is 11.1. The second-order valence-electron chi connectivity index (χ2n) is 14.4. The van der Waals surface area contributed by atoms with E-state index in [0.717, 1.165) is 55.4 Å². The largest absolute Gasteiger partial charge is 0.456 e. The molecule has 6 heteroatoms. The van der Waals surface area contributed by atoms with Crippen molar-refractivity contribution in [2.45, 2.75) is 0 Å². The molecule has 0 saturated carbocycles. The number of hydrogen-bond donors (Lipinski definition) is 0. The Balaban J connectivity index is 1.01. The van der Waals surface area contributed by atoms with Gasteiger partial charge >= 0.3 is 0 Å². The van der Waals surface area contributed by atoms with E-state index in [-0.39, 0.29) is 0 Å². The van der Waals surface area contributed by atoms with Crippen LogP contribution in [0, 0.1) is 0 Å². The van der Waals surface area contributed by atoms with Gasteiger partial charge < -0.3 is 8.98 Å². The van der Waals surface area contributed by atoms with E-state index in [9.17, 15) is 0 Å². The van der Waals surface area contributed by atoms with E-state index in [1.165, 1.54) is 42.0 Å². The van der Waals surface area contributed by atoms with Gasteiger partial charge in [-0.2, -0.15) is 0 Å². The average Bonchev–Trinajstić information content (AvgIpc) is 3.95. The van der Waals surface area contributed by atoms with E-state index in [1.807, 2.05) is 30.3 Å². The highest BCUT2D eigenvalue weighted by Crippen LogP contribution is 2.41. The molecule has 0 aliphatic rings. The number of benzene rings is 8. The minimum atomic E-state index is 0.595. The van der Waals surface area contributed by atoms with E-state index < -0.39 is 0 Å². The lowest BCUT2D eigenvalue weighted by molar-refractivity contribution is 0.669. The molecule has 12 rings (SSSR count). The first kappa shape index (κ1) is 31.9. The average molecular weight is 747 g/mol. The van der Waals surface area contributed by atoms with E-state index in [0.29, 0.717) is 17.5 Å². The molecule has 12 aromatic rings. The number of nitrogens with zero attached hydrogens (tertiary/aromatic N) is 4. The van der Waals surface area contributed by atoms with E-state index in [2.05, 4.69) is 156 Å². The molecule has 0 aliphatic carbocycles. The quantitative estimate of drug-likeness (QED) is 0.176. The molecule has 57 heavy (non-hydrogen) atoms. The molecule has 0 N–H and O–H groups in total. The topological polar surface area (TPSA) is 56.7 Å². The number of furan rings is 1. The molecule has 0 fully saturated rings.